The van der Waals surface area contributed by atoms with Crippen molar-refractivity contribution in [2.24, 2.45) is 0 Å². The van der Waals surface area contributed by atoms with Crippen LogP contribution in [0.1, 0.15) is 11.1 Å². The van der Waals surface area contributed by atoms with E-state index in [1.54, 1.807) is 0 Å². The van der Waals surface area contributed by atoms with Crippen LogP contribution < -0.4 is 10.2 Å². The van der Waals surface area contributed by atoms with Crippen LogP contribution in [0.25, 0.3) is 0 Å². The zero-order valence-electron chi connectivity index (χ0n) is 7.42. The van der Waals surface area contributed by atoms with Gasteiger partial charge in [-0.15, -0.1) is 0 Å². The first-order valence-electron chi connectivity index (χ1n) is 4.20. The van der Waals surface area contributed by atoms with E-state index in [1.807, 2.05) is 5.48 Å². The van der Waals surface area contributed by atoms with Crippen molar-refractivity contribution in [3.8, 4) is 5.75 Å². The summed E-state index contributed by atoms with van der Waals surface area (Å²) in [6.45, 7) is 0.655. The molecule has 0 fully saturated rings. The summed E-state index contributed by atoms with van der Waals surface area (Å²) in [5.41, 5.74) is 3.23. The number of rotatable bonds is 2. The van der Waals surface area contributed by atoms with Crippen LogP contribution in [-0.2, 0) is 17.9 Å². The Balaban J connectivity index is 2.41. The van der Waals surface area contributed by atoms with Gasteiger partial charge in [-0.25, -0.2) is 9.87 Å². The first-order valence-corrected chi connectivity index (χ1v) is 4.20. The summed E-state index contributed by atoms with van der Waals surface area (Å²) in [7, 11) is 0. The lowest BCUT2D eigenvalue weighted by molar-refractivity contribution is -0.0177. The third kappa shape index (κ3) is 1.70. The molecule has 1 aromatic carbocycles. The van der Waals surface area contributed by atoms with E-state index in [9.17, 15) is 4.39 Å². The zero-order chi connectivity index (χ0) is 9.97. The predicted octanol–water partition coefficient (Wildman–Crippen LogP) is 1.17. The standard InChI is InChI=1S/C9H10FNO3/c10-8-1-6(3-11-12)9-7(2-8)4-13-5-14-9/h1-2,11-12H,3-5H2. The van der Waals surface area contributed by atoms with Crippen LogP contribution in [-0.4, -0.2) is 12.0 Å². The van der Waals surface area contributed by atoms with E-state index in [4.69, 9.17) is 14.7 Å². The Bertz CT molecular complexity index is 343. The fraction of sp³-hybridized carbons (Fsp3) is 0.333. The highest BCUT2D eigenvalue weighted by atomic mass is 19.1. The lowest BCUT2D eigenvalue weighted by Gasteiger charge is -2.20. The van der Waals surface area contributed by atoms with Gasteiger partial charge in [0, 0.05) is 17.7 Å². The fourth-order valence-corrected chi connectivity index (χ4v) is 1.47. The third-order valence-corrected chi connectivity index (χ3v) is 2.02. The maximum Gasteiger partial charge on any atom is 0.189 e. The van der Waals surface area contributed by atoms with Gasteiger partial charge in [0.1, 0.15) is 11.6 Å². The van der Waals surface area contributed by atoms with Crippen molar-refractivity contribution < 1.29 is 19.1 Å². The minimum atomic E-state index is -0.358. The van der Waals surface area contributed by atoms with Crippen LogP contribution in [0.4, 0.5) is 4.39 Å². The molecule has 0 aliphatic carbocycles. The summed E-state index contributed by atoms with van der Waals surface area (Å²) in [5.74, 6) is 0.238. The van der Waals surface area contributed by atoms with E-state index < -0.39 is 0 Å². The van der Waals surface area contributed by atoms with Gasteiger partial charge in [-0.1, -0.05) is 0 Å². The number of nitrogens with one attached hydrogen (secondary N) is 1. The summed E-state index contributed by atoms with van der Waals surface area (Å²) in [4.78, 5) is 0. The quantitative estimate of drug-likeness (QED) is 0.702. The molecule has 0 saturated carbocycles. The Morgan fingerprint density at radius 2 is 2.36 bits per heavy atom. The smallest absolute Gasteiger partial charge is 0.189 e. The molecule has 2 rings (SSSR count). The monoisotopic (exact) mass is 199 g/mol. The van der Waals surface area contributed by atoms with Crippen molar-refractivity contribution >= 4 is 0 Å². The van der Waals surface area contributed by atoms with Crippen LogP contribution in [0.5, 0.6) is 5.75 Å². The van der Waals surface area contributed by atoms with E-state index >= 15 is 0 Å². The van der Waals surface area contributed by atoms with Crippen LogP contribution in [0, 0.1) is 5.82 Å². The van der Waals surface area contributed by atoms with Crippen LogP contribution >= 0.6 is 0 Å². The molecule has 0 saturated heterocycles. The molecular formula is C9H10FNO3. The average Bonchev–Trinajstić information content (AvgIpc) is 2.18. The third-order valence-electron chi connectivity index (χ3n) is 2.02. The maximum absolute atomic E-state index is 13.1. The van der Waals surface area contributed by atoms with Crippen molar-refractivity contribution in [2.75, 3.05) is 6.79 Å². The van der Waals surface area contributed by atoms with Crippen molar-refractivity contribution in [1.82, 2.24) is 5.48 Å². The minimum Gasteiger partial charge on any atom is -0.467 e. The maximum atomic E-state index is 13.1. The fourth-order valence-electron chi connectivity index (χ4n) is 1.47. The molecule has 0 bridgehead atoms. The van der Waals surface area contributed by atoms with Gasteiger partial charge < -0.3 is 14.7 Å². The number of fused-ring (bicyclic) bond motifs is 1. The highest BCUT2D eigenvalue weighted by Crippen LogP contribution is 2.29. The number of hydroxylamine groups is 1. The molecule has 1 aliphatic rings. The zero-order valence-corrected chi connectivity index (χ0v) is 7.42. The topological polar surface area (TPSA) is 50.7 Å². The summed E-state index contributed by atoms with van der Waals surface area (Å²) in [6.07, 6.45) is 0. The molecule has 1 aromatic rings. The number of ether oxygens (including phenoxy) is 2. The summed E-state index contributed by atoms with van der Waals surface area (Å²) in [5, 5.41) is 8.55. The molecule has 0 spiro atoms. The number of hydrogen-bond acceptors (Lipinski definition) is 4. The van der Waals surface area contributed by atoms with Crippen molar-refractivity contribution in [2.45, 2.75) is 13.2 Å². The summed E-state index contributed by atoms with van der Waals surface area (Å²) in [6, 6.07) is 2.70. The largest absolute Gasteiger partial charge is 0.467 e. The summed E-state index contributed by atoms with van der Waals surface area (Å²) < 4.78 is 23.3. The minimum absolute atomic E-state index is 0.153. The van der Waals surface area contributed by atoms with E-state index in [0.717, 1.165) is 0 Å². The first kappa shape index (κ1) is 9.39. The molecule has 0 atom stereocenters. The van der Waals surface area contributed by atoms with E-state index in [-0.39, 0.29) is 19.2 Å². The van der Waals surface area contributed by atoms with Crippen molar-refractivity contribution in [3.63, 3.8) is 0 Å². The lowest BCUT2D eigenvalue weighted by Crippen LogP contribution is -2.16. The second-order valence-corrected chi connectivity index (χ2v) is 3.00. The van der Waals surface area contributed by atoms with Gasteiger partial charge in [0.05, 0.1) is 6.61 Å². The van der Waals surface area contributed by atoms with Crippen molar-refractivity contribution in [1.29, 1.82) is 0 Å². The van der Waals surface area contributed by atoms with Gasteiger partial charge in [-0.3, -0.25) is 0 Å². The molecule has 76 valence electrons. The normalized spacial score (nSPS) is 14.7. The number of benzene rings is 1. The molecule has 0 radical (unpaired) electrons. The second-order valence-electron chi connectivity index (χ2n) is 3.00. The molecule has 4 nitrogen and oxygen atoms in total. The SMILES string of the molecule is ONCc1cc(F)cc2c1OCOC2. The van der Waals surface area contributed by atoms with Crippen LogP contribution in [0.15, 0.2) is 12.1 Å². The van der Waals surface area contributed by atoms with Crippen LogP contribution in [0.2, 0.25) is 0 Å². The molecule has 0 amide bonds. The predicted molar refractivity (Wildman–Crippen MR) is 45.3 cm³/mol. The highest BCUT2D eigenvalue weighted by molar-refractivity contribution is 5.42. The molecule has 0 aromatic heterocycles. The average molecular weight is 199 g/mol. The molecule has 1 heterocycles. The van der Waals surface area contributed by atoms with Gasteiger partial charge in [-0.05, 0) is 12.1 Å². The molecule has 14 heavy (non-hydrogen) atoms. The van der Waals surface area contributed by atoms with Crippen LogP contribution in [0.3, 0.4) is 0 Å². The van der Waals surface area contributed by atoms with Crippen molar-refractivity contribution in [3.05, 3.63) is 29.1 Å². The Hall–Kier alpha value is -1.17. The Morgan fingerprint density at radius 3 is 3.14 bits per heavy atom. The van der Waals surface area contributed by atoms with Gasteiger partial charge in [0.25, 0.3) is 0 Å². The van der Waals surface area contributed by atoms with E-state index in [0.29, 0.717) is 23.5 Å². The Morgan fingerprint density at radius 1 is 1.50 bits per heavy atom. The van der Waals surface area contributed by atoms with E-state index in [1.165, 1.54) is 12.1 Å². The molecule has 0 unspecified atom stereocenters. The number of halogens is 1. The molecule has 1 aliphatic heterocycles. The van der Waals surface area contributed by atoms with Gasteiger partial charge in [0.15, 0.2) is 6.79 Å². The molecule has 2 N–H and O–H groups in total. The molecular weight excluding hydrogens is 189 g/mol. The highest BCUT2D eigenvalue weighted by Gasteiger charge is 2.16. The Kier molecular flexibility index (Phi) is 2.62. The second kappa shape index (κ2) is 3.91. The van der Waals surface area contributed by atoms with Gasteiger partial charge >= 0.3 is 0 Å². The number of hydrogen-bond donors (Lipinski definition) is 2. The van der Waals surface area contributed by atoms with Gasteiger partial charge in [0.2, 0.25) is 0 Å². The lowest BCUT2D eigenvalue weighted by atomic mass is 10.1. The summed E-state index contributed by atoms with van der Waals surface area (Å²) >= 11 is 0. The first-order chi connectivity index (χ1) is 6.81. The molecule has 5 heteroatoms. The van der Waals surface area contributed by atoms with E-state index in [2.05, 4.69) is 0 Å². The Labute approximate surface area is 80.2 Å². The van der Waals surface area contributed by atoms with Gasteiger partial charge in [-0.2, -0.15) is 0 Å².